The predicted octanol–water partition coefficient (Wildman–Crippen LogP) is 3.15. The lowest BCUT2D eigenvalue weighted by molar-refractivity contribution is -0.127. The molecule has 0 aliphatic carbocycles. The number of hydrogen-bond donors (Lipinski definition) is 1. The van der Waals surface area contributed by atoms with Gasteiger partial charge in [0, 0.05) is 29.7 Å². The standard InChI is InChI=1S/C21H20ClN3O3/c1-15(28-18-9-5-8-17(22)12-18)21(27)23-10-11-25-14-24-19(13-20(25)26)16-6-3-2-4-7-16/h2-9,12-15H,10-11H2,1H3,(H,23,27). The smallest absolute Gasteiger partial charge is 0.260 e. The third-order valence-corrected chi connectivity index (χ3v) is 4.31. The molecule has 28 heavy (non-hydrogen) atoms. The third-order valence-electron chi connectivity index (χ3n) is 4.08. The van der Waals surface area contributed by atoms with Crippen molar-refractivity contribution in [1.29, 1.82) is 0 Å². The van der Waals surface area contributed by atoms with Gasteiger partial charge in [0.15, 0.2) is 6.10 Å². The second kappa shape index (κ2) is 9.19. The van der Waals surface area contributed by atoms with Crippen molar-refractivity contribution >= 4 is 17.5 Å². The first-order valence-electron chi connectivity index (χ1n) is 8.85. The Morgan fingerprint density at radius 3 is 2.68 bits per heavy atom. The molecule has 1 unspecified atom stereocenters. The van der Waals surface area contributed by atoms with Crippen LogP contribution in [0, 0.1) is 0 Å². The molecule has 144 valence electrons. The van der Waals surface area contributed by atoms with Gasteiger partial charge in [-0.05, 0) is 25.1 Å². The number of benzene rings is 2. The normalized spacial score (nSPS) is 11.6. The highest BCUT2D eigenvalue weighted by molar-refractivity contribution is 6.30. The van der Waals surface area contributed by atoms with Gasteiger partial charge >= 0.3 is 0 Å². The minimum absolute atomic E-state index is 0.175. The number of carbonyl (C=O) groups excluding carboxylic acids is 1. The van der Waals surface area contributed by atoms with Gasteiger partial charge in [-0.25, -0.2) is 4.98 Å². The molecule has 3 aromatic rings. The van der Waals surface area contributed by atoms with Gasteiger partial charge < -0.3 is 10.1 Å². The average molecular weight is 398 g/mol. The summed E-state index contributed by atoms with van der Waals surface area (Å²) in [7, 11) is 0. The molecule has 0 spiro atoms. The van der Waals surface area contributed by atoms with Crippen LogP contribution in [0.3, 0.4) is 0 Å². The fourth-order valence-corrected chi connectivity index (χ4v) is 2.78. The number of ether oxygens (including phenoxy) is 1. The topological polar surface area (TPSA) is 73.2 Å². The van der Waals surface area contributed by atoms with Crippen LogP contribution in [0.1, 0.15) is 6.92 Å². The summed E-state index contributed by atoms with van der Waals surface area (Å²) >= 11 is 5.91. The van der Waals surface area contributed by atoms with E-state index in [0.29, 0.717) is 23.0 Å². The number of carbonyl (C=O) groups is 1. The Morgan fingerprint density at radius 1 is 1.18 bits per heavy atom. The minimum Gasteiger partial charge on any atom is -0.481 e. The van der Waals surface area contributed by atoms with Crippen LogP contribution in [0.5, 0.6) is 5.75 Å². The monoisotopic (exact) mass is 397 g/mol. The number of nitrogens with one attached hydrogen (secondary N) is 1. The van der Waals surface area contributed by atoms with Gasteiger partial charge in [0.05, 0.1) is 12.0 Å². The van der Waals surface area contributed by atoms with Gasteiger partial charge in [-0.2, -0.15) is 0 Å². The lowest BCUT2D eigenvalue weighted by atomic mass is 10.1. The van der Waals surface area contributed by atoms with Crippen molar-refractivity contribution < 1.29 is 9.53 Å². The number of nitrogens with zero attached hydrogens (tertiary/aromatic N) is 2. The lowest BCUT2D eigenvalue weighted by Crippen LogP contribution is -2.38. The Labute approximate surface area is 167 Å². The van der Waals surface area contributed by atoms with Crippen molar-refractivity contribution in [3.63, 3.8) is 0 Å². The van der Waals surface area contributed by atoms with Crippen molar-refractivity contribution in [2.24, 2.45) is 0 Å². The predicted molar refractivity (Wildman–Crippen MR) is 108 cm³/mol. The van der Waals surface area contributed by atoms with E-state index in [9.17, 15) is 9.59 Å². The van der Waals surface area contributed by atoms with Crippen molar-refractivity contribution in [3.8, 4) is 17.0 Å². The molecule has 1 heterocycles. The molecule has 1 N–H and O–H groups in total. The largest absolute Gasteiger partial charge is 0.481 e. The molecule has 2 aromatic carbocycles. The van der Waals surface area contributed by atoms with Crippen LogP contribution in [0.2, 0.25) is 5.02 Å². The summed E-state index contributed by atoms with van der Waals surface area (Å²) in [6.45, 7) is 2.25. The summed E-state index contributed by atoms with van der Waals surface area (Å²) in [4.78, 5) is 28.8. The van der Waals surface area contributed by atoms with E-state index in [1.54, 1.807) is 31.2 Å². The molecule has 0 fully saturated rings. The van der Waals surface area contributed by atoms with Crippen LogP contribution in [0.25, 0.3) is 11.3 Å². The first kappa shape index (κ1) is 19.6. The highest BCUT2D eigenvalue weighted by Crippen LogP contribution is 2.18. The molecule has 0 bridgehead atoms. The van der Waals surface area contributed by atoms with Gasteiger partial charge in [0.25, 0.3) is 11.5 Å². The van der Waals surface area contributed by atoms with Crippen LogP contribution in [0.4, 0.5) is 0 Å². The van der Waals surface area contributed by atoms with Gasteiger partial charge in [-0.15, -0.1) is 0 Å². The van der Waals surface area contributed by atoms with E-state index in [4.69, 9.17) is 16.3 Å². The molecule has 7 heteroatoms. The maximum atomic E-state index is 12.3. The number of amides is 1. The Bertz CT molecular complexity index is 1010. The fraction of sp³-hybridized carbons (Fsp3) is 0.190. The first-order chi connectivity index (χ1) is 13.5. The zero-order valence-corrected chi connectivity index (χ0v) is 16.1. The van der Waals surface area contributed by atoms with E-state index in [1.807, 2.05) is 30.3 Å². The summed E-state index contributed by atoms with van der Waals surface area (Å²) in [6, 6.07) is 17.8. The zero-order chi connectivity index (χ0) is 19.9. The van der Waals surface area contributed by atoms with Gasteiger partial charge in [-0.1, -0.05) is 48.0 Å². The van der Waals surface area contributed by atoms with Gasteiger partial charge in [-0.3, -0.25) is 14.2 Å². The first-order valence-corrected chi connectivity index (χ1v) is 9.22. The maximum absolute atomic E-state index is 12.3. The van der Waals surface area contributed by atoms with Crippen LogP contribution < -0.4 is 15.6 Å². The van der Waals surface area contributed by atoms with Crippen molar-refractivity contribution in [1.82, 2.24) is 14.9 Å². The summed E-state index contributed by atoms with van der Waals surface area (Å²) in [5, 5.41) is 3.29. The Balaban J connectivity index is 1.53. The summed E-state index contributed by atoms with van der Waals surface area (Å²) in [6.07, 6.45) is 0.802. The van der Waals surface area contributed by atoms with Crippen molar-refractivity contribution in [2.75, 3.05) is 6.54 Å². The second-order valence-electron chi connectivity index (χ2n) is 6.18. The third kappa shape index (κ3) is 5.20. The van der Waals surface area contributed by atoms with E-state index in [-0.39, 0.29) is 18.0 Å². The molecule has 0 aliphatic heterocycles. The molecule has 0 aliphatic rings. The molecule has 0 saturated heterocycles. The Kier molecular flexibility index (Phi) is 6.45. The van der Waals surface area contributed by atoms with Crippen LogP contribution in [-0.2, 0) is 11.3 Å². The summed E-state index contributed by atoms with van der Waals surface area (Å²) < 4.78 is 7.02. The quantitative estimate of drug-likeness (QED) is 0.664. The maximum Gasteiger partial charge on any atom is 0.260 e. The van der Waals surface area contributed by atoms with Crippen molar-refractivity contribution in [2.45, 2.75) is 19.6 Å². The number of aromatic nitrogens is 2. The number of hydrogen-bond acceptors (Lipinski definition) is 4. The Morgan fingerprint density at radius 2 is 1.96 bits per heavy atom. The molecule has 1 aromatic heterocycles. The van der Waals surface area contributed by atoms with E-state index in [2.05, 4.69) is 10.3 Å². The van der Waals surface area contributed by atoms with E-state index < -0.39 is 6.10 Å². The highest BCUT2D eigenvalue weighted by Gasteiger charge is 2.14. The molecule has 1 amide bonds. The zero-order valence-electron chi connectivity index (χ0n) is 15.3. The molecule has 1 atom stereocenters. The number of rotatable bonds is 7. The average Bonchev–Trinajstić information content (AvgIpc) is 2.69. The molecular weight excluding hydrogens is 378 g/mol. The number of halogens is 1. The lowest BCUT2D eigenvalue weighted by Gasteiger charge is -2.15. The van der Waals surface area contributed by atoms with Crippen molar-refractivity contribution in [3.05, 3.63) is 82.4 Å². The van der Waals surface area contributed by atoms with E-state index in [1.165, 1.54) is 17.0 Å². The SMILES string of the molecule is CC(Oc1cccc(Cl)c1)C(=O)NCCn1cnc(-c2ccccc2)cc1=O. The molecular formula is C21H20ClN3O3. The van der Waals surface area contributed by atoms with E-state index in [0.717, 1.165) is 5.56 Å². The van der Waals surface area contributed by atoms with Crippen LogP contribution >= 0.6 is 11.6 Å². The fourth-order valence-electron chi connectivity index (χ4n) is 2.60. The van der Waals surface area contributed by atoms with Crippen LogP contribution in [-0.4, -0.2) is 28.1 Å². The highest BCUT2D eigenvalue weighted by atomic mass is 35.5. The van der Waals surface area contributed by atoms with Gasteiger partial charge in [0.1, 0.15) is 5.75 Å². The molecule has 6 nitrogen and oxygen atoms in total. The molecule has 3 rings (SSSR count). The second-order valence-corrected chi connectivity index (χ2v) is 6.62. The summed E-state index contributed by atoms with van der Waals surface area (Å²) in [5.41, 5.74) is 1.33. The minimum atomic E-state index is -0.686. The molecule has 0 radical (unpaired) electrons. The van der Waals surface area contributed by atoms with Gasteiger partial charge in [0.2, 0.25) is 0 Å². The summed E-state index contributed by atoms with van der Waals surface area (Å²) in [5.74, 6) is 0.244. The molecule has 0 saturated carbocycles. The van der Waals surface area contributed by atoms with E-state index >= 15 is 0 Å². The van der Waals surface area contributed by atoms with Crippen LogP contribution in [0.15, 0.2) is 71.8 Å². The Hall–Kier alpha value is -3.12.